The van der Waals surface area contributed by atoms with Gasteiger partial charge in [-0.05, 0) is 42.2 Å². The molecule has 25 heavy (non-hydrogen) atoms. The quantitative estimate of drug-likeness (QED) is 0.555. The molecule has 0 heterocycles. The van der Waals surface area contributed by atoms with Crippen molar-refractivity contribution in [3.63, 3.8) is 0 Å². The molecule has 126 valence electrons. The molecule has 3 N–H and O–H groups in total. The Morgan fingerprint density at radius 2 is 1.64 bits per heavy atom. The largest absolute Gasteiger partial charge is 0.397 e. The number of nitrogens with one attached hydrogen (secondary N) is 1. The van der Waals surface area contributed by atoms with Crippen LogP contribution in [-0.2, 0) is 0 Å². The van der Waals surface area contributed by atoms with Gasteiger partial charge in [-0.2, -0.15) is 0 Å². The normalized spacial score (nSPS) is 11.4. The third-order valence-corrected chi connectivity index (χ3v) is 4.20. The lowest BCUT2D eigenvalue weighted by molar-refractivity contribution is 1.22. The van der Waals surface area contributed by atoms with Crippen LogP contribution in [0, 0.1) is 6.92 Å². The number of nitrogen functional groups attached to an aromatic ring is 1. The number of nitrogens with two attached hydrogens (primary N) is 1. The topological polar surface area (TPSA) is 38.0 Å². The number of aryl methyl sites for hydroxylation is 1. The molecule has 0 aliphatic heterocycles. The van der Waals surface area contributed by atoms with Crippen LogP contribution in [0.2, 0.25) is 0 Å². The van der Waals surface area contributed by atoms with Gasteiger partial charge in [-0.3, -0.25) is 0 Å². The van der Waals surface area contributed by atoms with Gasteiger partial charge in [0.2, 0.25) is 0 Å². The smallest absolute Gasteiger partial charge is 0.0624 e. The molecule has 0 aromatic heterocycles. The van der Waals surface area contributed by atoms with Gasteiger partial charge in [-0.25, -0.2) is 0 Å². The fourth-order valence-corrected chi connectivity index (χ4v) is 2.80. The summed E-state index contributed by atoms with van der Waals surface area (Å²) in [4.78, 5) is 0. The second kappa shape index (κ2) is 7.71. The van der Waals surface area contributed by atoms with E-state index < -0.39 is 0 Å². The van der Waals surface area contributed by atoms with E-state index in [0.717, 1.165) is 34.6 Å². The summed E-state index contributed by atoms with van der Waals surface area (Å²) in [7, 11) is 0. The standard InChI is InChI=1S/C23H24N2/c1-3-7-22(19-12-10-17(2)11-13-19)25-23-16-20(14-15-21(23)24)18-8-5-4-6-9-18/h4-16,25H,3,24H2,1-2H3/b22-7+. The number of rotatable bonds is 5. The van der Waals surface area contributed by atoms with Crippen LogP contribution in [0.1, 0.15) is 24.5 Å². The highest BCUT2D eigenvalue weighted by Gasteiger charge is 2.07. The second-order valence-electron chi connectivity index (χ2n) is 6.19. The maximum atomic E-state index is 6.22. The zero-order valence-electron chi connectivity index (χ0n) is 14.8. The summed E-state index contributed by atoms with van der Waals surface area (Å²) in [5.74, 6) is 0. The molecule has 0 fully saturated rings. The zero-order valence-corrected chi connectivity index (χ0v) is 14.8. The number of hydrogen-bond donors (Lipinski definition) is 2. The fourth-order valence-electron chi connectivity index (χ4n) is 2.80. The Labute approximate surface area is 150 Å². The van der Waals surface area contributed by atoms with Crippen molar-refractivity contribution >= 4 is 17.1 Å². The molecule has 0 spiro atoms. The summed E-state index contributed by atoms with van der Waals surface area (Å²) in [5, 5.41) is 3.53. The number of allylic oxidation sites excluding steroid dienone is 1. The monoisotopic (exact) mass is 328 g/mol. The first-order valence-corrected chi connectivity index (χ1v) is 8.66. The molecular formula is C23H24N2. The Kier molecular flexibility index (Phi) is 5.20. The van der Waals surface area contributed by atoms with E-state index in [9.17, 15) is 0 Å². The van der Waals surface area contributed by atoms with Gasteiger partial charge < -0.3 is 11.1 Å². The highest BCUT2D eigenvalue weighted by molar-refractivity contribution is 5.85. The van der Waals surface area contributed by atoms with Crippen molar-refractivity contribution in [2.24, 2.45) is 0 Å². The van der Waals surface area contributed by atoms with E-state index in [1.54, 1.807) is 0 Å². The second-order valence-corrected chi connectivity index (χ2v) is 6.19. The lowest BCUT2D eigenvalue weighted by atomic mass is 10.0. The Morgan fingerprint density at radius 1 is 0.920 bits per heavy atom. The van der Waals surface area contributed by atoms with Gasteiger partial charge in [0.25, 0.3) is 0 Å². The van der Waals surface area contributed by atoms with Gasteiger partial charge in [-0.1, -0.05) is 79.2 Å². The van der Waals surface area contributed by atoms with Crippen LogP contribution >= 0.6 is 0 Å². The predicted molar refractivity (Wildman–Crippen MR) is 109 cm³/mol. The van der Waals surface area contributed by atoms with E-state index in [1.165, 1.54) is 11.1 Å². The molecule has 2 heteroatoms. The first kappa shape index (κ1) is 16.8. The molecule has 0 unspecified atom stereocenters. The van der Waals surface area contributed by atoms with Crippen LogP contribution < -0.4 is 11.1 Å². The van der Waals surface area contributed by atoms with Crippen LogP contribution in [0.4, 0.5) is 11.4 Å². The lowest BCUT2D eigenvalue weighted by Crippen LogP contribution is -2.02. The SMILES string of the molecule is CC/C=C(/Nc1cc(-c2ccccc2)ccc1N)c1ccc(C)cc1. The Balaban J connectivity index is 1.95. The minimum absolute atomic E-state index is 0.744. The fraction of sp³-hybridized carbons (Fsp3) is 0.130. The minimum atomic E-state index is 0.744. The van der Waals surface area contributed by atoms with Crippen LogP contribution in [0.5, 0.6) is 0 Å². The molecule has 0 saturated heterocycles. The van der Waals surface area contributed by atoms with Gasteiger partial charge in [0, 0.05) is 5.70 Å². The molecule has 0 radical (unpaired) electrons. The molecule has 3 aromatic carbocycles. The van der Waals surface area contributed by atoms with Crippen LogP contribution in [0.15, 0.2) is 78.9 Å². The maximum Gasteiger partial charge on any atom is 0.0624 e. The Bertz CT molecular complexity index is 862. The molecule has 2 nitrogen and oxygen atoms in total. The molecule has 0 atom stereocenters. The van der Waals surface area contributed by atoms with E-state index in [0.29, 0.717) is 0 Å². The van der Waals surface area contributed by atoms with Crippen LogP contribution in [0.25, 0.3) is 16.8 Å². The molecule has 0 amide bonds. The average molecular weight is 328 g/mol. The molecule has 3 aromatic rings. The summed E-state index contributed by atoms with van der Waals surface area (Å²) < 4.78 is 0. The first-order chi connectivity index (χ1) is 12.2. The van der Waals surface area contributed by atoms with E-state index in [-0.39, 0.29) is 0 Å². The Morgan fingerprint density at radius 3 is 2.32 bits per heavy atom. The molecule has 3 rings (SSSR count). The summed E-state index contributed by atoms with van der Waals surface area (Å²) >= 11 is 0. The van der Waals surface area contributed by atoms with Crippen LogP contribution in [0.3, 0.4) is 0 Å². The van der Waals surface area contributed by atoms with Crippen molar-refractivity contribution in [3.05, 3.63) is 90.0 Å². The molecule has 0 bridgehead atoms. The summed E-state index contributed by atoms with van der Waals surface area (Å²) in [5.41, 5.74) is 13.7. The lowest BCUT2D eigenvalue weighted by Gasteiger charge is -2.15. The van der Waals surface area contributed by atoms with Crippen molar-refractivity contribution in [1.29, 1.82) is 0 Å². The molecule has 0 saturated carbocycles. The highest BCUT2D eigenvalue weighted by Crippen LogP contribution is 2.30. The van der Waals surface area contributed by atoms with Gasteiger partial charge in [0.15, 0.2) is 0 Å². The first-order valence-electron chi connectivity index (χ1n) is 8.66. The molecular weight excluding hydrogens is 304 g/mol. The van der Waals surface area contributed by atoms with Crippen LogP contribution in [-0.4, -0.2) is 0 Å². The average Bonchev–Trinajstić information content (AvgIpc) is 2.64. The van der Waals surface area contributed by atoms with Crippen molar-refractivity contribution in [2.75, 3.05) is 11.1 Å². The van der Waals surface area contributed by atoms with Crippen molar-refractivity contribution < 1.29 is 0 Å². The van der Waals surface area contributed by atoms with Gasteiger partial charge >= 0.3 is 0 Å². The van der Waals surface area contributed by atoms with E-state index in [2.05, 4.69) is 73.8 Å². The Hall–Kier alpha value is -3.00. The summed E-state index contributed by atoms with van der Waals surface area (Å²) in [6, 6.07) is 25.0. The van der Waals surface area contributed by atoms with Crippen molar-refractivity contribution in [3.8, 4) is 11.1 Å². The van der Waals surface area contributed by atoms with E-state index in [4.69, 9.17) is 5.73 Å². The summed E-state index contributed by atoms with van der Waals surface area (Å²) in [6.07, 6.45) is 3.15. The third kappa shape index (κ3) is 4.10. The third-order valence-electron chi connectivity index (χ3n) is 4.20. The number of anilines is 2. The minimum Gasteiger partial charge on any atom is -0.397 e. The predicted octanol–water partition coefficient (Wildman–Crippen LogP) is 6.11. The summed E-state index contributed by atoms with van der Waals surface area (Å²) in [6.45, 7) is 4.24. The van der Waals surface area contributed by atoms with Gasteiger partial charge in [0.05, 0.1) is 11.4 Å². The van der Waals surface area contributed by atoms with Gasteiger partial charge in [-0.15, -0.1) is 0 Å². The number of benzene rings is 3. The highest BCUT2D eigenvalue weighted by atomic mass is 14.9. The zero-order chi connectivity index (χ0) is 17.6. The number of hydrogen-bond acceptors (Lipinski definition) is 2. The molecule has 0 aliphatic carbocycles. The molecule has 0 aliphatic rings. The maximum absolute atomic E-state index is 6.22. The van der Waals surface area contributed by atoms with Crippen molar-refractivity contribution in [2.45, 2.75) is 20.3 Å². The van der Waals surface area contributed by atoms with E-state index >= 15 is 0 Å². The van der Waals surface area contributed by atoms with Gasteiger partial charge in [0.1, 0.15) is 0 Å². The van der Waals surface area contributed by atoms with Crippen molar-refractivity contribution in [1.82, 2.24) is 0 Å². The van der Waals surface area contributed by atoms with E-state index in [1.807, 2.05) is 24.3 Å².